The SMILES string of the molecule is OC(c1cnc2ccccc2c1)c1cc(Cl)ccc1I. The molecule has 100 valence electrons. The number of aromatic nitrogens is 1. The third kappa shape index (κ3) is 2.66. The Morgan fingerprint density at radius 3 is 2.75 bits per heavy atom. The van der Waals surface area contributed by atoms with E-state index in [1.807, 2.05) is 42.5 Å². The summed E-state index contributed by atoms with van der Waals surface area (Å²) in [7, 11) is 0. The molecule has 1 unspecified atom stereocenters. The summed E-state index contributed by atoms with van der Waals surface area (Å²) in [5.74, 6) is 0. The second-order valence-electron chi connectivity index (χ2n) is 4.53. The van der Waals surface area contributed by atoms with Gasteiger partial charge in [-0.05, 0) is 58.5 Å². The zero-order valence-electron chi connectivity index (χ0n) is 10.4. The highest BCUT2D eigenvalue weighted by Gasteiger charge is 2.15. The van der Waals surface area contributed by atoms with E-state index < -0.39 is 6.10 Å². The number of pyridine rings is 1. The smallest absolute Gasteiger partial charge is 0.107 e. The fourth-order valence-electron chi connectivity index (χ4n) is 2.14. The minimum absolute atomic E-state index is 0.619. The van der Waals surface area contributed by atoms with E-state index in [9.17, 15) is 5.11 Å². The topological polar surface area (TPSA) is 33.1 Å². The number of aliphatic hydroxyl groups excluding tert-OH is 1. The van der Waals surface area contributed by atoms with Crippen LogP contribution in [-0.2, 0) is 0 Å². The number of halogens is 2. The summed E-state index contributed by atoms with van der Waals surface area (Å²) in [5.41, 5.74) is 2.49. The molecule has 4 heteroatoms. The molecule has 0 aliphatic carbocycles. The Labute approximate surface area is 135 Å². The molecule has 1 heterocycles. The summed E-state index contributed by atoms with van der Waals surface area (Å²) in [6.07, 6.45) is 0.988. The summed E-state index contributed by atoms with van der Waals surface area (Å²) in [6, 6.07) is 15.3. The predicted molar refractivity (Wildman–Crippen MR) is 90.0 cm³/mol. The van der Waals surface area contributed by atoms with Crippen LogP contribution < -0.4 is 0 Å². The molecule has 3 aromatic rings. The van der Waals surface area contributed by atoms with Crippen LogP contribution in [0.4, 0.5) is 0 Å². The van der Waals surface area contributed by atoms with Crippen molar-refractivity contribution >= 4 is 45.1 Å². The molecule has 2 aromatic carbocycles. The molecule has 0 aliphatic heterocycles. The van der Waals surface area contributed by atoms with Gasteiger partial charge in [-0.25, -0.2) is 0 Å². The minimum Gasteiger partial charge on any atom is -0.384 e. The van der Waals surface area contributed by atoms with Crippen LogP contribution in [0, 0.1) is 3.57 Å². The van der Waals surface area contributed by atoms with Gasteiger partial charge in [0.2, 0.25) is 0 Å². The summed E-state index contributed by atoms with van der Waals surface area (Å²) < 4.78 is 0.979. The van der Waals surface area contributed by atoms with E-state index in [0.717, 1.165) is 25.6 Å². The van der Waals surface area contributed by atoms with Gasteiger partial charge >= 0.3 is 0 Å². The van der Waals surface area contributed by atoms with Crippen molar-refractivity contribution in [2.75, 3.05) is 0 Å². The van der Waals surface area contributed by atoms with Crippen molar-refractivity contribution in [3.63, 3.8) is 0 Å². The molecule has 0 fully saturated rings. The lowest BCUT2D eigenvalue weighted by Crippen LogP contribution is -2.02. The number of aliphatic hydroxyl groups is 1. The standard InChI is InChI=1S/C16H11ClINO/c17-12-5-6-14(18)13(8-12)16(20)11-7-10-3-1-2-4-15(10)19-9-11/h1-9,16,20H. The van der Waals surface area contributed by atoms with Crippen molar-refractivity contribution in [3.8, 4) is 0 Å². The highest BCUT2D eigenvalue weighted by molar-refractivity contribution is 14.1. The van der Waals surface area contributed by atoms with Crippen LogP contribution in [0.1, 0.15) is 17.2 Å². The molecule has 0 saturated carbocycles. The van der Waals surface area contributed by atoms with E-state index in [-0.39, 0.29) is 0 Å². The van der Waals surface area contributed by atoms with Crippen molar-refractivity contribution in [3.05, 3.63) is 74.4 Å². The first-order valence-corrected chi connectivity index (χ1v) is 7.58. The molecule has 0 bridgehead atoms. The Morgan fingerprint density at radius 2 is 1.90 bits per heavy atom. The second kappa shape index (κ2) is 5.68. The molecule has 3 rings (SSSR count). The monoisotopic (exact) mass is 395 g/mol. The Bertz CT molecular complexity index is 775. The summed E-state index contributed by atoms with van der Waals surface area (Å²) in [6.45, 7) is 0. The van der Waals surface area contributed by atoms with Crippen molar-refractivity contribution in [2.24, 2.45) is 0 Å². The molecular formula is C16H11ClINO. The average molecular weight is 396 g/mol. The minimum atomic E-state index is -0.724. The molecular weight excluding hydrogens is 385 g/mol. The normalized spacial score (nSPS) is 12.6. The maximum Gasteiger partial charge on any atom is 0.107 e. The zero-order chi connectivity index (χ0) is 14.1. The number of hydrogen-bond donors (Lipinski definition) is 1. The Balaban J connectivity index is 2.07. The zero-order valence-corrected chi connectivity index (χ0v) is 13.3. The van der Waals surface area contributed by atoms with E-state index in [1.165, 1.54) is 0 Å². The molecule has 0 spiro atoms. The Kier molecular flexibility index (Phi) is 3.92. The Hall–Kier alpha value is -1.17. The number of fused-ring (bicyclic) bond motifs is 1. The fourth-order valence-corrected chi connectivity index (χ4v) is 2.95. The van der Waals surface area contributed by atoms with Crippen LogP contribution in [0.5, 0.6) is 0 Å². The lowest BCUT2D eigenvalue weighted by molar-refractivity contribution is 0.219. The third-order valence-corrected chi connectivity index (χ3v) is 4.40. The summed E-state index contributed by atoms with van der Waals surface area (Å²) in [5, 5.41) is 12.2. The van der Waals surface area contributed by atoms with Crippen molar-refractivity contribution in [2.45, 2.75) is 6.10 Å². The van der Waals surface area contributed by atoms with Crippen molar-refractivity contribution < 1.29 is 5.11 Å². The first-order valence-electron chi connectivity index (χ1n) is 6.13. The van der Waals surface area contributed by atoms with Gasteiger partial charge < -0.3 is 5.11 Å². The third-order valence-electron chi connectivity index (χ3n) is 3.18. The van der Waals surface area contributed by atoms with Gasteiger partial charge in [0.25, 0.3) is 0 Å². The van der Waals surface area contributed by atoms with E-state index in [4.69, 9.17) is 11.6 Å². The molecule has 0 saturated heterocycles. The number of benzene rings is 2. The second-order valence-corrected chi connectivity index (χ2v) is 6.13. The molecule has 20 heavy (non-hydrogen) atoms. The van der Waals surface area contributed by atoms with Gasteiger partial charge in [-0.3, -0.25) is 4.98 Å². The van der Waals surface area contributed by atoms with Gasteiger partial charge in [0.1, 0.15) is 6.10 Å². The molecule has 0 radical (unpaired) electrons. The average Bonchev–Trinajstić information content (AvgIpc) is 2.48. The van der Waals surface area contributed by atoms with Crippen LogP contribution in [0.3, 0.4) is 0 Å². The molecule has 1 N–H and O–H groups in total. The van der Waals surface area contributed by atoms with Crippen LogP contribution in [0.15, 0.2) is 54.7 Å². The molecule has 0 amide bonds. The lowest BCUT2D eigenvalue weighted by atomic mass is 10.0. The fraction of sp³-hybridized carbons (Fsp3) is 0.0625. The van der Waals surface area contributed by atoms with Gasteiger partial charge in [0.05, 0.1) is 5.52 Å². The van der Waals surface area contributed by atoms with E-state index in [2.05, 4.69) is 27.6 Å². The van der Waals surface area contributed by atoms with Gasteiger partial charge in [-0.15, -0.1) is 0 Å². The van der Waals surface area contributed by atoms with Crippen LogP contribution >= 0.6 is 34.2 Å². The molecule has 2 nitrogen and oxygen atoms in total. The number of hydrogen-bond acceptors (Lipinski definition) is 2. The Morgan fingerprint density at radius 1 is 1.10 bits per heavy atom. The first-order chi connectivity index (χ1) is 9.65. The number of para-hydroxylation sites is 1. The van der Waals surface area contributed by atoms with Gasteiger partial charge in [0, 0.05) is 25.7 Å². The molecule has 0 aliphatic rings. The summed E-state index contributed by atoms with van der Waals surface area (Å²) >= 11 is 8.21. The van der Waals surface area contributed by atoms with Gasteiger partial charge in [-0.1, -0.05) is 29.8 Å². The number of rotatable bonds is 2. The lowest BCUT2D eigenvalue weighted by Gasteiger charge is -2.14. The number of nitrogens with zero attached hydrogens (tertiary/aromatic N) is 1. The van der Waals surface area contributed by atoms with E-state index >= 15 is 0 Å². The quantitative estimate of drug-likeness (QED) is 0.645. The van der Waals surface area contributed by atoms with Crippen molar-refractivity contribution in [1.29, 1.82) is 0 Å². The summed E-state index contributed by atoms with van der Waals surface area (Å²) in [4.78, 5) is 4.38. The predicted octanol–water partition coefficient (Wildman–Crippen LogP) is 4.57. The van der Waals surface area contributed by atoms with Crippen LogP contribution in [0.2, 0.25) is 5.02 Å². The van der Waals surface area contributed by atoms with Gasteiger partial charge in [-0.2, -0.15) is 0 Å². The maximum atomic E-state index is 10.6. The van der Waals surface area contributed by atoms with E-state index in [0.29, 0.717) is 5.02 Å². The maximum absolute atomic E-state index is 10.6. The van der Waals surface area contributed by atoms with Crippen LogP contribution in [-0.4, -0.2) is 10.1 Å². The van der Waals surface area contributed by atoms with Gasteiger partial charge in [0.15, 0.2) is 0 Å². The molecule has 1 atom stereocenters. The molecule has 1 aromatic heterocycles. The van der Waals surface area contributed by atoms with Crippen LogP contribution in [0.25, 0.3) is 10.9 Å². The highest BCUT2D eigenvalue weighted by Crippen LogP contribution is 2.29. The highest BCUT2D eigenvalue weighted by atomic mass is 127. The van der Waals surface area contributed by atoms with E-state index in [1.54, 1.807) is 12.3 Å². The first kappa shape index (κ1) is 13.8. The van der Waals surface area contributed by atoms with Crippen molar-refractivity contribution in [1.82, 2.24) is 4.98 Å². The largest absolute Gasteiger partial charge is 0.384 e.